The maximum atomic E-state index is 14.0. The Morgan fingerprint density at radius 2 is 1.66 bits per heavy atom. The zero-order chi connectivity index (χ0) is 27.0. The lowest BCUT2D eigenvalue weighted by Crippen LogP contribution is -2.54. The Morgan fingerprint density at radius 3 is 2.32 bits per heavy atom. The Balaban J connectivity index is 1.63. The van der Waals surface area contributed by atoms with Gasteiger partial charge in [-0.2, -0.15) is 17.6 Å². The van der Waals surface area contributed by atoms with Crippen LogP contribution in [0.15, 0.2) is 66.9 Å². The minimum absolute atomic E-state index is 0.0104. The summed E-state index contributed by atoms with van der Waals surface area (Å²) in [4.78, 5) is 17.8. The van der Waals surface area contributed by atoms with Crippen molar-refractivity contribution >= 4 is 17.6 Å². The van der Waals surface area contributed by atoms with E-state index >= 15 is 0 Å². The first-order valence-electron chi connectivity index (χ1n) is 12.1. The van der Waals surface area contributed by atoms with Crippen molar-refractivity contribution in [2.75, 3.05) is 0 Å². The second kappa shape index (κ2) is 9.98. The SMILES string of the molecule is O=C(NC1CCCC1)N[C@](Cc1ccccc1)(c1ccc2c(c1)OC(F)(F)C(F)(F)O2)c1ccc(Cl)cn1. The van der Waals surface area contributed by atoms with Gasteiger partial charge in [0.15, 0.2) is 11.5 Å². The summed E-state index contributed by atoms with van der Waals surface area (Å²) in [5, 5.41) is 6.34. The lowest BCUT2D eigenvalue weighted by Gasteiger charge is -2.37. The summed E-state index contributed by atoms with van der Waals surface area (Å²) in [5.74, 6) is -1.15. The number of alkyl halides is 4. The number of benzene rings is 2. The van der Waals surface area contributed by atoms with Crippen LogP contribution in [-0.2, 0) is 12.0 Å². The fourth-order valence-electron chi connectivity index (χ4n) is 4.87. The minimum Gasteiger partial charge on any atom is -0.421 e. The number of amides is 2. The highest BCUT2D eigenvalue weighted by Gasteiger charge is 2.66. The number of nitrogens with zero attached hydrogens (tertiary/aromatic N) is 1. The molecule has 2 amide bonds. The van der Waals surface area contributed by atoms with Gasteiger partial charge in [0.05, 0.1) is 10.7 Å². The maximum absolute atomic E-state index is 14.0. The van der Waals surface area contributed by atoms with Gasteiger partial charge in [-0.05, 0) is 48.2 Å². The van der Waals surface area contributed by atoms with Crippen LogP contribution in [0.25, 0.3) is 0 Å². The molecule has 0 saturated heterocycles. The van der Waals surface area contributed by atoms with Crippen LogP contribution in [0, 0.1) is 0 Å². The highest BCUT2D eigenvalue weighted by atomic mass is 35.5. The van der Waals surface area contributed by atoms with Crippen molar-refractivity contribution in [2.24, 2.45) is 0 Å². The molecule has 2 aromatic carbocycles. The van der Waals surface area contributed by atoms with Crippen LogP contribution in [0.3, 0.4) is 0 Å². The monoisotopic (exact) mass is 549 g/mol. The molecule has 2 aliphatic rings. The molecular formula is C27H24ClF4N3O3. The number of halogens is 5. The van der Waals surface area contributed by atoms with Crippen molar-refractivity contribution in [3.63, 3.8) is 0 Å². The molecule has 1 aliphatic heterocycles. The molecule has 0 radical (unpaired) electrons. The van der Waals surface area contributed by atoms with E-state index in [1.807, 2.05) is 30.3 Å². The average Bonchev–Trinajstić information content (AvgIpc) is 3.37. The highest BCUT2D eigenvalue weighted by molar-refractivity contribution is 6.30. The highest BCUT2D eigenvalue weighted by Crippen LogP contribution is 2.48. The summed E-state index contributed by atoms with van der Waals surface area (Å²) < 4.78 is 64.3. The Morgan fingerprint density at radius 1 is 0.974 bits per heavy atom. The summed E-state index contributed by atoms with van der Waals surface area (Å²) in [6, 6.07) is 15.5. The molecule has 1 saturated carbocycles. The Hall–Kier alpha value is -3.53. The lowest BCUT2D eigenvalue weighted by molar-refractivity contribution is -0.391. The molecule has 0 spiro atoms. The number of ether oxygens (including phenoxy) is 2. The van der Waals surface area contributed by atoms with Gasteiger partial charge in [-0.1, -0.05) is 60.8 Å². The van der Waals surface area contributed by atoms with Crippen LogP contribution in [0.4, 0.5) is 22.4 Å². The van der Waals surface area contributed by atoms with Gasteiger partial charge < -0.3 is 20.1 Å². The third-order valence-electron chi connectivity index (χ3n) is 6.75. The summed E-state index contributed by atoms with van der Waals surface area (Å²) >= 11 is 6.09. The average molecular weight is 550 g/mol. The van der Waals surface area contributed by atoms with Crippen LogP contribution < -0.4 is 20.1 Å². The molecular weight excluding hydrogens is 526 g/mol. The van der Waals surface area contributed by atoms with Crippen LogP contribution in [0.1, 0.15) is 42.5 Å². The summed E-state index contributed by atoms with van der Waals surface area (Å²) in [6.45, 7) is 0. The van der Waals surface area contributed by atoms with E-state index in [0.717, 1.165) is 43.4 Å². The largest absolute Gasteiger partial charge is 0.507 e. The number of nitrogens with one attached hydrogen (secondary N) is 2. The van der Waals surface area contributed by atoms with Gasteiger partial charge in [0.1, 0.15) is 5.54 Å². The van der Waals surface area contributed by atoms with E-state index in [0.29, 0.717) is 10.7 Å². The molecule has 6 nitrogen and oxygen atoms in total. The predicted molar refractivity (Wildman–Crippen MR) is 132 cm³/mol. The maximum Gasteiger partial charge on any atom is 0.507 e. The number of hydrogen-bond acceptors (Lipinski definition) is 4. The second-order valence-corrected chi connectivity index (χ2v) is 9.84. The minimum atomic E-state index is -4.90. The fourth-order valence-corrected chi connectivity index (χ4v) is 4.98. The van der Waals surface area contributed by atoms with Crippen LogP contribution in [-0.4, -0.2) is 29.3 Å². The standard InChI is InChI=1S/C27H24ClF4N3O3/c28-19-11-13-23(33-16-19)25(15-17-6-2-1-3-7-17,35-24(36)34-20-8-4-5-9-20)18-10-12-21-22(14-18)38-27(31,32)26(29,30)37-21/h1-3,6-7,10-14,16,20H,4-5,8-9,15H2,(H2,34,35,36)/t25-/m1/s1. The van der Waals surface area contributed by atoms with Crippen LogP contribution in [0.2, 0.25) is 5.02 Å². The molecule has 1 aromatic heterocycles. The quantitative estimate of drug-likeness (QED) is 0.348. The second-order valence-electron chi connectivity index (χ2n) is 9.41. The molecule has 5 rings (SSSR count). The predicted octanol–water partition coefficient (Wildman–Crippen LogP) is 6.42. The zero-order valence-corrected chi connectivity index (χ0v) is 20.8. The summed E-state index contributed by atoms with van der Waals surface area (Å²) in [6.07, 6.45) is -4.52. The molecule has 2 N–H and O–H groups in total. The fraction of sp³-hybridized carbons (Fsp3) is 0.333. The van der Waals surface area contributed by atoms with Crippen LogP contribution in [0.5, 0.6) is 11.5 Å². The van der Waals surface area contributed by atoms with E-state index in [-0.39, 0.29) is 18.0 Å². The first kappa shape index (κ1) is 26.1. The molecule has 0 bridgehead atoms. The zero-order valence-electron chi connectivity index (χ0n) is 20.0. The van der Waals surface area contributed by atoms with Gasteiger partial charge in [0, 0.05) is 18.7 Å². The van der Waals surface area contributed by atoms with Gasteiger partial charge in [0.2, 0.25) is 0 Å². The van der Waals surface area contributed by atoms with Crippen molar-refractivity contribution in [2.45, 2.75) is 55.9 Å². The van der Waals surface area contributed by atoms with E-state index < -0.39 is 35.3 Å². The first-order valence-corrected chi connectivity index (χ1v) is 12.5. The molecule has 1 fully saturated rings. The smallest absolute Gasteiger partial charge is 0.421 e. The van der Waals surface area contributed by atoms with Gasteiger partial charge in [-0.25, -0.2) is 4.79 Å². The number of fused-ring (bicyclic) bond motifs is 1. The molecule has 11 heteroatoms. The molecule has 0 unspecified atom stereocenters. The summed E-state index contributed by atoms with van der Waals surface area (Å²) in [5.41, 5.74) is -0.0261. The lowest BCUT2D eigenvalue weighted by atomic mass is 9.80. The number of hydrogen-bond donors (Lipinski definition) is 2. The van der Waals surface area contributed by atoms with E-state index in [9.17, 15) is 22.4 Å². The number of aromatic nitrogens is 1. The molecule has 1 aliphatic carbocycles. The van der Waals surface area contributed by atoms with E-state index in [1.54, 1.807) is 12.1 Å². The van der Waals surface area contributed by atoms with Crippen molar-refractivity contribution in [3.05, 3.63) is 88.7 Å². The number of urea groups is 1. The number of carbonyl (C=O) groups excluding carboxylic acids is 1. The number of carbonyl (C=O) groups is 1. The van der Waals surface area contributed by atoms with E-state index in [4.69, 9.17) is 11.6 Å². The molecule has 38 heavy (non-hydrogen) atoms. The van der Waals surface area contributed by atoms with Crippen LogP contribution >= 0.6 is 11.6 Å². The third kappa shape index (κ3) is 5.09. The Bertz CT molecular complexity index is 1300. The van der Waals surface area contributed by atoms with Gasteiger partial charge in [-0.15, -0.1) is 0 Å². The molecule has 1 atom stereocenters. The number of pyridine rings is 1. The summed E-state index contributed by atoms with van der Waals surface area (Å²) in [7, 11) is 0. The van der Waals surface area contributed by atoms with Crippen molar-refractivity contribution in [1.29, 1.82) is 0 Å². The first-order chi connectivity index (χ1) is 18.1. The molecule has 200 valence electrons. The Kier molecular flexibility index (Phi) is 6.85. The van der Waals surface area contributed by atoms with Gasteiger partial charge >= 0.3 is 18.2 Å². The molecule has 3 aromatic rings. The van der Waals surface area contributed by atoms with Gasteiger partial charge in [-0.3, -0.25) is 4.98 Å². The Labute approximate surface area is 221 Å². The van der Waals surface area contributed by atoms with Gasteiger partial charge in [0.25, 0.3) is 0 Å². The normalized spacial score (nSPS) is 19.4. The third-order valence-corrected chi connectivity index (χ3v) is 6.97. The number of rotatable bonds is 6. The van der Waals surface area contributed by atoms with E-state index in [1.165, 1.54) is 12.3 Å². The van der Waals surface area contributed by atoms with Crippen molar-refractivity contribution in [3.8, 4) is 11.5 Å². The topological polar surface area (TPSA) is 72.5 Å². The molecule has 2 heterocycles. The van der Waals surface area contributed by atoms with Crippen molar-refractivity contribution in [1.82, 2.24) is 15.6 Å². The van der Waals surface area contributed by atoms with E-state index in [2.05, 4.69) is 25.1 Å². The van der Waals surface area contributed by atoms with Crippen molar-refractivity contribution < 1.29 is 31.8 Å².